The van der Waals surface area contributed by atoms with Crippen LogP contribution in [-0.2, 0) is 4.74 Å². The van der Waals surface area contributed by atoms with Gasteiger partial charge in [0.05, 0.1) is 19.3 Å². The summed E-state index contributed by atoms with van der Waals surface area (Å²) >= 11 is 0. The molecule has 1 fully saturated rings. The van der Waals surface area contributed by atoms with Crippen molar-refractivity contribution in [1.82, 2.24) is 4.90 Å². The smallest absolute Gasteiger partial charge is 0.126 e. The number of halogens is 1. The number of aryl methyl sites for hydroxylation is 1. The number of aliphatic hydroxyl groups excluding tert-OH is 1. The minimum absolute atomic E-state index is 0.0401. The van der Waals surface area contributed by atoms with Crippen molar-refractivity contribution in [2.45, 2.75) is 38.5 Å². The molecule has 118 valence electrons. The van der Waals surface area contributed by atoms with Gasteiger partial charge in [-0.15, -0.1) is 0 Å². The summed E-state index contributed by atoms with van der Waals surface area (Å²) in [6.07, 6.45) is 0.639. The molecule has 21 heavy (non-hydrogen) atoms. The monoisotopic (exact) mass is 296 g/mol. The molecule has 1 heterocycles. The topological polar surface area (TPSA) is 58.7 Å². The molecule has 0 amide bonds. The molecule has 3 unspecified atom stereocenters. The van der Waals surface area contributed by atoms with Crippen molar-refractivity contribution in [3.8, 4) is 0 Å². The molecular formula is C16H25FN2O2. The molecule has 1 aromatic rings. The summed E-state index contributed by atoms with van der Waals surface area (Å²) in [5.74, 6) is -0.206. The maximum absolute atomic E-state index is 13.6. The van der Waals surface area contributed by atoms with Crippen LogP contribution in [0.2, 0.25) is 0 Å². The molecule has 2 rings (SSSR count). The van der Waals surface area contributed by atoms with E-state index in [1.54, 1.807) is 13.0 Å². The Morgan fingerprint density at radius 3 is 2.95 bits per heavy atom. The molecular weight excluding hydrogens is 271 g/mol. The summed E-state index contributed by atoms with van der Waals surface area (Å²) in [6, 6.07) is 5.32. The van der Waals surface area contributed by atoms with Crippen LogP contribution < -0.4 is 5.73 Å². The van der Waals surface area contributed by atoms with E-state index >= 15 is 0 Å². The van der Waals surface area contributed by atoms with Gasteiger partial charge in [-0.05, 0) is 37.5 Å². The lowest BCUT2D eigenvalue weighted by atomic mass is 10.0. The SMILES string of the molecule is Cc1ccc(C(N)CCN2CC(CO)OCC2C)cc1F. The van der Waals surface area contributed by atoms with Gasteiger partial charge in [-0.2, -0.15) is 0 Å². The first-order chi connectivity index (χ1) is 10.0. The zero-order chi connectivity index (χ0) is 15.4. The molecule has 0 aliphatic carbocycles. The molecule has 0 saturated carbocycles. The largest absolute Gasteiger partial charge is 0.394 e. The fourth-order valence-electron chi connectivity index (χ4n) is 2.61. The van der Waals surface area contributed by atoms with Crippen molar-refractivity contribution in [1.29, 1.82) is 0 Å². The lowest BCUT2D eigenvalue weighted by Crippen LogP contribution is -2.50. The number of benzene rings is 1. The van der Waals surface area contributed by atoms with E-state index in [4.69, 9.17) is 10.5 Å². The van der Waals surface area contributed by atoms with Crippen LogP contribution in [0.3, 0.4) is 0 Å². The van der Waals surface area contributed by atoms with Gasteiger partial charge in [0.2, 0.25) is 0 Å². The van der Waals surface area contributed by atoms with Gasteiger partial charge in [0.1, 0.15) is 5.82 Å². The number of nitrogens with two attached hydrogens (primary N) is 1. The van der Waals surface area contributed by atoms with Crippen molar-refractivity contribution in [2.75, 3.05) is 26.3 Å². The Morgan fingerprint density at radius 1 is 1.52 bits per heavy atom. The third-order valence-corrected chi connectivity index (χ3v) is 4.19. The molecule has 0 spiro atoms. The minimum Gasteiger partial charge on any atom is -0.394 e. The Hall–Kier alpha value is -1.01. The molecule has 1 saturated heterocycles. The number of rotatable bonds is 5. The third kappa shape index (κ3) is 4.23. The zero-order valence-corrected chi connectivity index (χ0v) is 12.8. The normalized spacial score (nSPS) is 25.0. The van der Waals surface area contributed by atoms with Crippen LogP contribution in [0.1, 0.15) is 30.5 Å². The third-order valence-electron chi connectivity index (χ3n) is 4.19. The molecule has 5 heteroatoms. The van der Waals surface area contributed by atoms with Gasteiger partial charge in [-0.25, -0.2) is 4.39 Å². The van der Waals surface area contributed by atoms with E-state index in [1.807, 2.05) is 6.07 Å². The van der Waals surface area contributed by atoms with Crippen LogP contribution in [0.25, 0.3) is 0 Å². The van der Waals surface area contributed by atoms with Gasteiger partial charge in [0.25, 0.3) is 0 Å². The summed E-state index contributed by atoms with van der Waals surface area (Å²) < 4.78 is 19.1. The summed E-state index contributed by atoms with van der Waals surface area (Å²) in [5.41, 5.74) is 7.64. The quantitative estimate of drug-likeness (QED) is 0.866. The lowest BCUT2D eigenvalue weighted by molar-refractivity contribution is -0.0782. The maximum atomic E-state index is 13.6. The highest BCUT2D eigenvalue weighted by atomic mass is 19.1. The second kappa shape index (κ2) is 7.31. The molecule has 0 bridgehead atoms. The van der Waals surface area contributed by atoms with Crippen LogP contribution in [0.5, 0.6) is 0 Å². The first-order valence-corrected chi connectivity index (χ1v) is 7.49. The fraction of sp³-hybridized carbons (Fsp3) is 0.625. The van der Waals surface area contributed by atoms with Gasteiger partial charge < -0.3 is 15.6 Å². The number of nitrogens with zero attached hydrogens (tertiary/aromatic N) is 1. The van der Waals surface area contributed by atoms with Crippen molar-refractivity contribution in [2.24, 2.45) is 5.73 Å². The Morgan fingerprint density at radius 2 is 2.29 bits per heavy atom. The molecule has 4 nitrogen and oxygen atoms in total. The number of hydrogen-bond donors (Lipinski definition) is 2. The summed E-state index contributed by atoms with van der Waals surface area (Å²) in [7, 11) is 0. The fourth-order valence-corrected chi connectivity index (χ4v) is 2.61. The van der Waals surface area contributed by atoms with Gasteiger partial charge in [0, 0.05) is 25.2 Å². The number of ether oxygens (including phenoxy) is 1. The zero-order valence-electron chi connectivity index (χ0n) is 12.8. The molecule has 0 aromatic heterocycles. The highest BCUT2D eigenvalue weighted by molar-refractivity contribution is 5.25. The van der Waals surface area contributed by atoms with E-state index < -0.39 is 0 Å². The summed E-state index contributed by atoms with van der Waals surface area (Å²) in [6.45, 7) is 6.04. The average molecular weight is 296 g/mol. The Kier molecular flexibility index (Phi) is 5.70. The van der Waals surface area contributed by atoms with Gasteiger partial charge in [-0.3, -0.25) is 4.90 Å². The second-order valence-electron chi connectivity index (χ2n) is 5.89. The summed E-state index contributed by atoms with van der Waals surface area (Å²) in [4.78, 5) is 2.27. The molecule has 3 N–H and O–H groups in total. The van der Waals surface area contributed by atoms with Crippen LogP contribution in [0.15, 0.2) is 18.2 Å². The van der Waals surface area contributed by atoms with E-state index in [9.17, 15) is 9.50 Å². The first-order valence-electron chi connectivity index (χ1n) is 7.49. The van der Waals surface area contributed by atoms with Crippen molar-refractivity contribution >= 4 is 0 Å². The standard InChI is InChI=1S/C16H25FN2O2/c1-11-3-4-13(7-15(11)17)16(18)5-6-19-8-14(9-20)21-10-12(19)2/h3-4,7,12,14,16,20H,5-6,8-10,18H2,1-2H3. The molecule has 1 aliphatic heterocycles. The van der Waals surface area contributed by atoms with Crippen LogP contribution in [0.4, 0.5) is 4.39 Å². The average Bonchev–Trinajstić information content (AvgIpc) is 2.49. The van der Waals surface area contributed by atoms with E-state index in [2.05, 4.69) is 11.8 Å². The van der Waals surface area contributed by atoms with Gasteiger partial charge in [0.15, 0.2) is 0 Å². The minimum atomic E-state index is -0.206. The van der Waals surface area contributed by atoms with Crippen molar-refractivity contribution in [3.05, 3.63) is 35.1 Å². The highest BCUT2D eigenvalue weighted by Crippen LogP contribution is 2.19. The first kappa shape index (κ1) is 16.4. The lowest BCUT2D eigenvalue weighted by Gasteiger charge is -2.37. The van der Waals surface area contributed by atoms with E-state index in [-0.39, 0.29) is 24.6 Å². The Balaban J connectivity index is 1.90. The number of morpholine rings is 1. The Labute approximate surface area is 125 Å². The summed E-state index contributed by atoms with van der Waals surface area (Å²) in [5, 5.41) is 9.19. The van der Waals surface area contributed by atoms with E-state index in [0.717, 1.165) is 18.5 Å². The predicted molar refractivity (Wildman–Crippen MR) is 80.5 cm³/mol. The van der Waals surface area contributed by atoms with Crippen molar-refractivity contribution < 1.29 is 14.2 Å². The van der Waals surface area contributed by atoms with Crippen molar-refractivity contribution in [3.63, 3.8) is 0 Å². The predicted octanol–water partition coefficient (Wildman–Crippen LogP) is 1.61. The van der Waals surface area contributed by atoms with Crippen LogP contribution in [0, 0.1) is 12.7 Å². The molecule has 1 aromatic carbocycles. The van der Waals surface area contributed by atoms with Crippen LogP contribution in [-0.4, -0.2) is 48.5 Å². The second-order valence-corrected chi connectivity index (χ2v) is 5.89. The molecule has 3 atom stereocenters. The number of hydrogen-bond acceptors (Lipinski definition) is 4. The van der Waals surface area contributed by atoms with Gasteiger partial charge >= 0.3 is 0 Å². The highest BCUT2D eigenvalue weighted by Gasteiger charge is 2.25. The van der Waals surface area contributed by atoms with E-state index in [1.165, 1.54) is 6.07 Å². The van der Waals surface area contributed by atoms with Crippen LogP contribution >= 0.6 is 0 Å². The number of aliphatic hydroxyl groups is 1. The molecule has 1 aliphatic rings. The maximum Gasteiger partial charge on any atom is 0.126 e. The molecule has 0 radical (unpaired) electrons. The Bertz CT molecular complexity index is 470. The van der Waals surface area contributed by atoms with E-state index in [0.29, 0.717) is 24.8 Å². The van der Waals surface area contributed by atoms with Gasteiger partial charge in [-0.1, -0.05) is 12.1 Å².